The van der Waals surface area contributed by atoms with E-state index in [0.29, 0.717) is 5.41 Å². The molecule has 0 aromatic heterocycles. The molecule has 1 aromatic rings. The summed E-state index contributed by atoms with van der Waals surface area (Å²) in [5, 5.41) is 0. The molecule has 2 N–H and O–H groups in total. The van der Waals surface area contributed by atoms with Gasteiger partial charge in [-0.15, -0.1) is 0 Å². The number of nitrogen functional groups attached to an aromatic ring is 1. The molecular formula is C16H23N. The molecule has 1 aromatic carbocycles. The third-order valence-corrected chi connectivity index (χ3v) is 3.42. The Kier molecular flexibility index (Phi) is 3.28. The molecular weight excluding hydrogens is 206 g/mol. The van der Waals surface area contributed by atoms with Gasteiger partial charge in [-0.3, -0.25) is 0 Å². The maximum absolute atomic E-state index is 5.81. The van der Waals surface area contributed by atoms with Crippen molar-refractivity contribution in [3.8, 4) is 0 Å². The lowest BCUT2D eigenvalue weighted by atomic mass is 9.90. The van der Waals surface area contributed by atoms with Crippen molar-refractivity contribution in [1.29, 1.82) is 0 Å². The Hall–Kier alpha value is -1.24. The molecule has 92 valence electrons. The molecule has 0 heterocycles. The van der Waals surface area contributed by atoms with E-state index in [1.54, 1.807) is 0 Å². The van der Waals surface area contributed by atoms with Gasteiger partial charge in [0.05, 0.1) is 0 Å². The first-order chi connectivity index (χ1) is 7.96. The summed E-state index contributed by atoms with van der Waals surface area (Å²) in [5.74, 6) is 0. The number of hydrogen-bond donors (Lipinski definition) is 1. The first-order valence-corrected chi connectivity index (χ1v) is 6.53. The van der Waals surface area contributed by atoms with Crippen molar-refractivity contribution in [3.63, 3.8) is 0 Å². The molecule has 0 saturated heterocycles. The summed E-state index contributed by atoms with van der Waals surface area (Å²) >= 11 is 0. The van der Waals surface area contributed by atoms with Crippen molar-refractivity contribution in [2.75, 3.05) is 5.73 Å². The molecule has 17 heavy (non-hydrogen) atoms. The number of benzene rings is 1. The van der Waals surface area contributed by atoms with E-state index in [4.69, 9.17) is 5.73 Å². The Morgan fingerprint density at radius 3 is 2.71 bits per heavy atom. The topological polar surface area (TPSA) is 26.0 Å². The van der Waals surface area contributed by atoms with Crippen LogP contribution in [-0.2, 0) is 6.42 Å². The summed E-state index contributed by atoms with van der Waals surface area (Å²) in [4.78, 5) is 0. The monoisotopic (exact) mass is 229 g/mol. The minimum atomic E-state index is 0.430. The van der Waals surface area contributed by atoms with Gasteiger partial charge in [0, 0.05) is 5.69 Å². The van der Waals surface area contributed by atoms with Gasteiger partial charge in [0.1, 0.15) is 0 Å². The van der Waals surface area contributed by atoms with E-state index in [1.807, 2.05) is 6.07 Å². The Morgan fingerprint density at radius 2 is 2.00 bits per heavy atom. The van der Waals surface area contributed by atoms with E-state index in [0.717, 1.165) is 12.1 Å². The smallest absolute Gasteiger partial charge is 0.0317 e. The quantitative estimate of drug-likeness (QED) is 0.746. The van der Waals surface area contributed by atoms with Crippen LogP contribution in [0.25, 0.3) is 5.57 Å². The molecule has 0 amide bonds. The van der Waals surface area contributed by atoms with Crippen LogP contribution >= 0.6 is 0 Å². The molecule has 0 spiro atoms. The molecule has 1 nitrogen and oxygen atoms in total. The summed E-state index contributed by atoms with van der Waals surface area (Å²) in [6, 6.07) is 6.32. The highest BCUT2D eigenvalue weighted by Gasteiger charge is 2.16. The lowest BCUT2D eigenvalue weighted by Gasteiger charge is -2.16. The van der Waals surface area contributed by atoms with Gasteiger partial charge in [-0.2, -0.15) is 0 Å². The summed E-state index contributed by atoms with van der Waals surface area (Å²) in [6.07, 6.45) is 7.20. The van der Waals surface area contributed by atoms with Crippen molar-refractivity contribution >= 4 is 11.3 Å². The van der Waals surface area contributed by atoms with Gasteiger partial charge in [-0.1, -0.05) is 32.9 Å². The second-order valence-electron chi connectivity index (χ2n) is 6.25. The van der Waals surface area contributed by atoms with Gasteiger partial charge in [-0.25, -0.2) is 0 Å². The maximum atomic E-state index is 5.81. The molecule has 0 aliphatic heterocycles. The highest BCUT2D eigenvalue weighted by molar-refractivity contribution is 5.74. The van der Waals surface area contributed by atoms with Gasteiger partial charge in [-0.05, 0) is 59.9 Å². The lowest BCUT2D eigenvalue weighted by Crippen LogP contribution is -2.03. The summed E-state index contributed by atoms with van der Waals surface area (Å²) in [5.41, 5.74) is 11.5. The number of hydrogen-bond acceptors (Lipinski definition) is 1. The zero-order valence-corrected chi connectivity index (χ0v) is 11.2. The number of anilines is 1. The molecule has 0 unspecified atom stereocenters. The van der Waals surface area contributed by atoms with Gasteiger partial charge in [0.25, 0.3) is 0 Å². The normalized spacial score (nSPS) is 17.5. The molecule has 0 atom stereocenters. The molecule has 0 saturated carbocycles. The Bertz CT molecular complexity index is 435. The summed E-state index contributed by atoms with van der Waals surface area (Å²) in [7, 11) is 0. The lowest BCUT2D eigenvalue weighted by molar-refractivity contribution is 0.381. The number of rotatable bonds is 2. The average molecular weight is 229 g/mol. The fourth-order valence-electron chi connectivity index (χ4n) is 2.43. The third-order valence-electron chi connectivity index (χ3n) is 3.42. The van der Waals surface area contributed by atoms with Crippen LogP contribution in [-0.4, -0.2) is 0 Å². The van der Waals surface area contributed by atoms with E-state index < -0.39 is 0 Å². The van der Waals surface area contributed by atoms with Crippen LogP contribution in [0.15, 0.2) is 24.3 Å². The molecule has 1 aliphatic rings. The Morgan fingerprint density at radius 1 is 1.24 bits per heavy atom. The first-order valence-electron chi connectivity index (χ1n) is 6.53. The second-order valence-corrected chi connectivity index (χ2v) is 6.25. The fraction of sp³-hybridized carbons (Fsp3) is 0.500. The van der Waals surface area contributed by atoms with Gasteiger partial charge in [0.2, 0.25) is 0 Å². The van der Waals surface area contributed by atoms with Crippen molar-refractivity contribution in [2.24, 2.45) is 5.41 Å². The van der Waals surface area contributed by atoms with Crippen LogP contribution in [0, 0.1) is 5.41 Å². The largest absolute Gasteiger partial charge is 0.399 e. The Labute approximate surface area is 105 Å². The molecule has 1 aliphatic carbocycles. The van der Waals surface area contributed by atoms with Crippen LogP contribution in [0.4, 0.5) is 5.69 Å². The molecule has 2 rings (SSSR count). The van der Waals surface area contributed by atoms with Crippen LogP contribution in [0.1, 0.15) is 51.2 Å². The number of nitrogens with two attached hydrogens (primary N) is 1. The molecule has 0 bridgehead atoms. The fourth-order valence-corrected chi connectivity index (χ4v) is 2.43. The van der Waals surface area contributed by atoms with Gasteiger partial charge >= 0.3 is 0 Å². The average Bonchev–Trinajstić information content (AvgIpc) is 2.59. The van der Waals surface area contributed by atoms with E-state index in [2.05, 4.69) is 39.0 Å². The SMILES string of the molecule is CC(C)(C)CC/C=C1/CCc2cc(N)ccc21. The molecule has 0 fully saturated rings. The predicted molar refractivity (Wildman–Crippen MR) is 75.8 cm³/mol. The number of fused-ring (bicyclic) bond motifs is 1. The molecule has 0 radical (unpaired) electrons. The standard InChI is InChI=1S/C16H23N/c1-16(2,3)10-4-5-12-6-7-13-11-14(17)8-9-15(12)13/h5,8-9,11H,4,6-7,10,17H2,1-3H3/b12-5-. The number of aryl methyl sites for hydroxylation is 1. The zero-order chi connectivity index (χ0) is 12.5. The third kappa shape index (κ3) is 3.12. The van der Waals surface area contributed by atoms with Gasteiger partial charge < -0.3 is 5.73 Å². The van der Waals surface area contributed by atoms with Crippen molar-refractivity contribution in [2.45, 2.75) is 46.5 Å². The minimum Gasteiger partial charge on any atom is -0.399 e. The predicted octanol–water partition coefficient (Wildman–Crippen LogP) is 4.42. The van der Waals surface area contributed by atoms with E-state index in [-0.39, 0.29) is 0 Å². The van der Waals surface area contributed by atoms with E-state index in [1.165, 1.54) is 36.0 Å². The van der Waals surface area contributed by atoms with Crippen molar-refractivity contribution < 1.29 is 0 Å². The number of allylic oxidation sites excluding steroid dienone is 2. The Balaban J connectivity index is 2.09. The maximum Gasteiger partial charge on any atom is 0.0317 e. The van der Waals surface area contributed by atoms with Crippen LogP contribution in [0.3, 0.4) is 0 Å². The van der Waals surface area contributed by atoms with Crippen molar-refractivity contribution in [3.05, 3.63) is 35.4 Å². The zero-order valence-electron chi connectivity index (χ0n) is 11.2. The van der Waals surface area contributed by atoms with Crippen molar-refractivity contribution in [1.82, 2.24) is 0 Å². The highest BCUT2D eigenvalue weighted by Crippen LogP contribution is 2.34. The first kappa shape index (κ1) is 12.2. The second kappa shape index (κ2) is 4.56. The van der Waals surface area contributed by atoms with Crippen LogP contribution in [0.5, 0.6) is 0 Å². The van der Waals surface area contributed by atoms with Gasteiger partial charge in [0.15, 0.2) is 0 Å². The van der Waals surface area contributed by atoms with Crippen LogP contribution < -0.4 is 5.73 Å². The van der Waals surface area contributed by atoms with Crippen LogP contribution in [0.2, 0.25) is 0 Å². The van der Waals surface area contributed by atoms with E-state index >= 15 is 0 Å². The summed E-state index contributed by atoms with van der Waals surface area (Å²) in [6.45, 7) is 6.90. The minimum absolute atomic E-state index is 0.430. The van der Waals surface area contributed by atoms with E-state index in [9.17, 15) is 0 Å². The molecule has 1 heteroatoms. The summed E-state index contributed by atoms with van der Waals surface area (Å²) < 4.78 is 0. The highest BCUT2D eigenvalue weighted by atomic mass is 14.5.